The number of hydrogen-bond donors (Lipinski definition) is 1. The van der Waals surface area contributed by atoms with E-state index < -0.39 is 0 Å². The van der Waals surface area contributed by atoms with Gasteiger partial charge in [-0.2, -0.15) is 0 Å². The molecule has 0 unspecified atom stereocenters. The molecule has 96 valence electrons. The fourth-order valence-corrected chi connectivity index (χ4v) is 1.88. The number of aliphatic hydroxyl groups is 1. The fraction of sp³-hybridized carbons (Fsp3) is 0.615. The third kappa shape index (κ3) is 3.09. The second kappa shape index (κ2) is 6.45. The molecular weight excluding hydrogens is 218 g/mol. The lowest BCUT2D eigenvalue weighted by molar-refractivity contribution is 0.0511. The molecular formula is C13H21NO3. The van der Waals surface area contributed by atoms with Crippen LogP contribution in [0.1, 0.15) is 49.4 Å². The standard InChI is InChI=1S/C13H21NO3/c1-4-10(3)14-11(8-9-15)6-7-12(14)13(16)17-5-2/h6-7,10,15H,4-5,8-9H2,1-3H3/t10-/m0/s1. The number of esters is 1. The van der Waals surface area contributed by atoms with E-state index in [2.05, 4.69) is 13.8 Å². The molecule has 0 spiro atoms. The highest BCUT2D eigenvalue weighted by Crippen LogP contribution is 2.20. The Kier molecular flexibility index (Phi) is 5.22. The molecule has 1 heterocycles. The molecule has 0 aromatic carbocycles. The lowest BCUT2D eigenvalue weighted by Crippen LogP contribution is -2.17. The molecule has 1 rings (SSSR count). The normalized spacial score (nSPS) is 12.5. The van der Waals surface area contributed by atoms with Gasteiger partial charge in [0.15, 0.2) is 0 Å². The molecule has 1 N–H and O–H groups in total. The molecule has 1 aromatic heterocycles. The van der Waals surface area contributed by atoms with E-state index in [1.54, 1.807) is 13.0 Å². The maximum absolute atomic E-state index is 11.8. The van der Waals surface area contributed by atoms with Crippen molar-refractivity contribution in [2.24, 2.45) is 0 Å². The highest BCUT2D eigenvalue weighted by molar-refractivity contribution is 5.88. The maximum Gasteiger partial charge on any atom is 0.354 e. The SMILES string of the molecule is CCOC(=O)c1ccc(CCO)n1[C@@H](C)CC. The monoisotopic (exact) mass is 239 g/mol. The molecule has 0 amide bonds. The van der Waals surface area contributed by atoms with E-state index in [0.29, 0.717) is 18.7 Å². The first-order chi connectivity index (χ1) is 8.15. The average Bonchev–Trinajstić information content (AvgIpc) is 2.73. The van der Waals surface area contributed by atoms with Crippen molar-refractivity contribution in [3.63, 3.8) is 0 Å². The number of nitrogens with zero attached hydrogens (tertiary/aromatic N) is 1. The minimum absolute atomic E-state index is 0.0860. The van der Waals surface area contributed by atoms with Gasteiger partial charge in [-0.25, -0.2) is 4.79 Å². The van der Waals surface area contributed by atoms with Crippen LogP contribution in [0.4, 0.5) is 0 Å². The lowest BCUT2D eigenvalue weighted by Gasteiger charge is -2.18. The smallest absolute Gasteiger partial charge is 0.354 e. The molecule has 0 saturated heterocycles. The summed E-state index contributed by atoms with van der Waals surface area (Å²) >= 11 is 0. The molecule has 0 aliphatic heterocycles. The van der Waals surface area contributed by atoms with Gasteiger partial charge in [0, 0.05) is 24.8 Å². The number of rotatable bonds is 6. The third-order valence-corrected chi connectivity index (χ3v) is 2.89. The zero-order chi connectivity index (χ0) is 12.8. The van der Waals surface area contributed by atoms with E-state index in [4.69, 9.17) is 9.84 Å². The molecule has 0 aliphatic rings. The minimum Gasteiger partial charge on any atom is -0.461 e. The highest BCUT2D eigenvalue weighted by Gasteiger charge is 2.18. The van der Waals surface area contributed by atoms with Crippen molar-refractivity contribution in [2.75, 3.05) is 13.2 Å². The second-order valence-electron chi connectivity index (χ2n) is 4.03. The largest absolute Gasteiger partial charge is 0.461 e. The topological polar surface area (TPSA) is 51.5 Å². The van der Waals surface area contributed by atoms with Gasteiger partial charge < -0.3 is 14.4 Å². The van der Waals surface area contributed by atoms with E-state index >= 15 is 0 Å². The first-order valence-electron chi connectivity index (χ1n) is 6.13. The first-order valence-corrected chi connectivity index (χ1v) is 6.13. The van der Waals surface area contributed by atoms with Crippen molar-refractivity contribution in [3.8, 4) is 0 Å². The highest BCUT2D eigenvalue weighted by atomic mass is 16.5. The van der Waals surface area contributed by atoms with Gasteiger partial charge in [-0.15, -0.1) is 0 Å². The van der Waals surface area contributed by atoms with E-state index in [-0.39, 0.29) is 18.6 Å². The summed E-state index contributed by atoms with van der Waals surface area (Å²) in [6.07, 6.45) is 1.49. The van der Waals surface area contributed by atoms with Crippen LogP contribution in [0.3, 0.4) is 0 Å². The molecule has 4 nitrogen and oxygen atoms in total. The molecule has 17 heavy (non-hydrogen) atoms. The number of aromatic nitrogens is 1. The Hall–Kier alpha value is -1.29. The summed E-state index contributed by atoms with van der Waals surface area (Å²) in [7, 11) is 0. The van der Waals surface area contributed by atoms with Crippen LogP contribution in [-0.4, -0.2) is 28.9 Å². The van der Waals surface area contributed by atoms with Crippen LogP contribution in [0.5, 0.6) is 0 Å². The van der Waals surface area contributed by atoms with Gasteiger partial charge in [-0.05, 0) is 32.4 Å². The van der Waals surface area contributed by atoms with Crippen molar-refractivity contribution in [2.45, 2.75) is 39.7 Å². The van der Waals surface area contributed by atoms with Gasteiger partial charge >= 0.3 is 5.97 Å². The molecule has 0 fully saturated rings. The van der Waals surface area contributed by atoms with Crippen molar-refractivity contribution in [3.05, 3.63) is 23.5 Å². The Labute approximate surface area is 102 Å². The lowest BCUT2D eigenvalue weighted by atomic mass is 10.2. The van der Waals surface area contributed by atoms with Crippen LogP contribution in [0.15, 0.2) is 12.1 Å². The first kappa shape index (κ1) is 13.8. The van der Waals surface area contributed by atoms with Gasteiger partial charge in [-0.3, -0.25) is 0 Å². The zero-order valence-electron chi connectivity index (χ0n) is 10.8. The van der Waals surface area contributed by atoms with Crippen LogP contribution < -0.4 is 0 Å². The van der Waals surface area contributed by atoms with Gasteiger partial charge in [-0.1, -0.05) is 6.92 Å². The quantitative estimate of drug-likeness (QED) is 0.774. The van der Waals surface area contributed by atoms with Crippen molar-refractivity contribution >= 4 is 5.97 Å². The Morgan fingerprint density at radius 2 is 2.18 bits per heavy atom. The average molecular weight is 239 g/mol. The van der Waals surface area contributed by atoms with Crippen LogP contribution >= 0.6 is 0 Å². The zero-order valence-corrected chi connectivity index (χ0v) is 10.8. The number of carbonyl (C=O) groups is 1. The van der Waals surface area contributed by atoms with Crippen LogP contribution in [0, 0.1) is 0 Å². The Morgan fingerprint density at radius 3 is 2.71 bits per heavy atom. The van der Waals surface area contributed by atoms with Gasteiger partial charge in [0.05, 0.1) is 6.61 Å². The van der Waals surface area contributed by atoms with Crippen molar-refractivity contribution in [1.29, 1.82) is 0 Å². The van der Waals surface area contributed by atoms with E-state index in [1.165, 1.54) is 0 Å². The number of aliphatic hydroxyl groups excluding tert-OH is 1. The Balaban J connectivity index is 3.08. The summed E-state index contributed by atoms with van der Waals surface area (Å²) in [5.41, 5.74) is 1.55. The predicted octanol–water partition coefficient (Wildman–Crippen LogP) is 2.17. The Morgan fingerprint density at radius 1 is 1.47 bits per heavy atom. The summed E-state index contributed by atoms with van der Waals surface area (Å²) < 4.78 is 7.00. The van der Waals surface area contributed by atoms with Gasteiger partial charge in [0.1, 0.15) is 5.69 Å². The molecule has 0 radical (unpaired) electrons. The van der Waals surface area contributed by atoms with Crippen LogP contribution in [0.25, 0.3) is 0 Å². The van der Waals surface area contributed by atoms with E-state index in [9.17, 15) is 4.79 Å². The second-order valence-corrected chi connectivity index (χ2v) is 4.03. The van der Waals surface area contributed by atoms with Crippen molar-refractivity contribution in [1.82, 2.24) is 4.57 Å². The summed E-state index contributed by atoms with van der Waals surface area (Å²) in [5, 5.41) is 9.02. The fourth-order valence-electron chi connectivity index (χ4n) is 1.88. The number of ether oxygens (including phenoxy) is 1. The summed E-state index contributed by atoms with van der Waals surface area (Å²) in [4.78, 5) is 11.8. The molecule has 0 aliphatic carbocycles. The van der Waals surface area contributed by atoms with E-state index in [0.717, 1.165) is 12.1 Å². The molecule has 1 aromatic rings. The maximum atomic E-state index is 11.8. The summed E-state index contributed by atoms with van der Waals surface area (Å²) in [6, 6.07) is 3.88. The third-order valence-electron chi connectivity index (χ3n) is 2.89. The molecule has 1 atom stereocenters. The van der Waals surface area contributed by atoms with Gasteiger partial charge in [0.25, 0.3) is 0 Å². The molecule has 4 heteroatoms. The molecule has 0 saturated carbocycles. The Bertz CT molecular complexity index is 371. The molecule has 0 bridgehead atoms. The predicted molar refractivity (Wildman–Crippen MR) is 66.2 cm³/mol. The van der Waals surface area contributed by atoms with E-state index in [1.807, 2.05) is 10.6 Å². The minimum atomic E-state index is -0.294. The van der Waals surface area contributed by atoms with Gasteiger partial charge in [0.2, 0.25) is 0 Å². The van der Waals surface area contributed by atoms with Crippen molar-refractivity contribution < 1.29 is 14.6 Å². The van der Waals surface area contributed by atoms with Crippen LogP contribution in [-0.2, 0) is 11.2 Å². The number of carbonyl (C=O) groups excluding carboxylic acids is 1. The van der Waals surface area contributed by atoms with Crippen LogP contribution in [0.2, 0.25) is 0 Å². The summed E-state index contributed by atoms with van der Waals surface area (Å²) in [6.45, 7) is 6.39. The number of hydrogen-bond acceptors (Lipinski definition) is 3. The summed E-state index contributed by atoms with van der Waals surface area (Å²) in [5.74, 6) is -0.294.